The second-order valence-electron chi connectivity index (χ2n) is 7.80. The molecule has 0 radical (unpaired) electrons. The Labute approximate surface area is 166 Å². The second-order valence-corrected chi connectivity index (χ2v) is 7.80. The number of anilines is 1. The highest BCUT2D eigenvalue weighted by molar-refractivity contribution is 5.44. The summed E-state index contributed by atoms with van der Waals surface area (Å²) in [5.41, 5.74) is 2.18. The first-order valence-corrected chi connectivity index (χ1v) is 10.3. The molecule has 0 saturated carbocycles. The van der Waals surface area contributed by atoms with Crippen molar-refractivity contribution in [3.8, 4) is 0 Å². The molecule has 0 aromatic heterocycles. The van der Waals surface area contributed by atoms with E-state index in [1.807, 2.05) is 6.07 Å². The van der Waals surface area contributed by atoms with Crippen LogP contribution in [0.15, 0.2) is 54.6 Å². The van der Waals surface area contributed by atoms with Gasteiger partial charge in [0.1, 0.15) is 5.82 Å². The van der Waals surface area contributed by atoms with Crippen LogP contribution in [0.2, 0.25) is 0 Å². The molecule has 0 unspecified atom stereocenters. The SMILES string of the molecule is Fc1cccc(NC2CO[C@H]3CN(CCCCc4ccccc4)C[C@@H]3OC2)c1. The van der Waals surface area contributed by atoms with E-state index in [1.54, 1.807) is 6.07 Å². The van der Waals surface area contributed by atoms with Gasteiger partial charge < -0.3 is 14.8 Å². The topological polar surface area (TPSA) is 33.7 Å². The average molecular weight is 384 g/mol. The van der Waals surface area contributed by atoms with Crippen molar-refractivity contribution in [2.24, 2.45) is 0 Å². The highest BCUT2D eigenvalue weighted by atomic mass is 19.1. The molecule has 0 bridgehead atoms. The number of rotatable bonds is 7. The molecular formula is C23H29FN2O2. The maximum Gasteiger partial charge on any atom is 0.125 e. The molecule has 1 N–H and O–H groups in total. The van der Waals surface area contributed by atoms with Crippen LogP contribution in [0.4, 0.5) is 10.1 Å². The van der Waals surface area contributed by atoms with E-state index in [9.17, 15) is 4.39 Å². The fourth-order valence-corrected chi connectivity index (χ4v) is 4.06. The number of halogens is 1. The van der Waals surface area contributed by atoms with E-state index in [-0.39, 0.29) is 24.1 Å². The van der Waals surface area contributed by atoms with Gasteiger partial charge in [-0.1, -0.05) is 36.4 Å². The van der Waals surface area contributed by atoms with Gasteiger partial charge in [0.15, 0.2) is 0 Å². The van der Waals surface area contributed by atoms with Crippen LogP contribution in [0.3, 0.4) is 0 Å². The zero-order chi connectivity index (χ0) is 19.2. The normalized spacial score (nSPS) is 23.3. The van der Waals surface area contributed by atoms with Crippen LogP contribution in [0, 0.1) is 5.82 Å². The number of benzene rings is 2. The first kappa shape index (κ1) is 19.4. The maximum absolute atomic E-state index is 13.3. The summed E-state index contributed by atoms with van der Waals surface area (Å²) in [6.07, 6.45) is 3.80. The number of hydrogen-bond donors (Lipinski definition) is 1. The Morgan fingerprint density at radius 2 is 1.68 bits per heavy atom. The van der Waals surface area contributed by atoms with Gasteiger partial charge in [-0.15, -0.1) is 0 Å². The summed E-state index contributed by atoms with van der Waals surface area (Å²) < 4.78 is 25.6. The molecule has 2 fully saturated rings. The highest BCUT2D eigenvalue weighted by Crippen LogP contribution is 2.22. The third kappa shape index (κ3) is 5.31. The van der Waals surface area contributed by atoms with E-state index >= 15 is 0 Å². The van der Waals surface area contributed by atoms with Gasteiger partial charge in [-0.05, 0) is 49.6 Å². The van der Waals surface area contributed by atoms with E-state index in [4.69, 9.17) is 9.47 Å². The molecule has 28 heavy (non-hydrogen) atoms. The standard InChI is InChI=1S/C23H29FN2O2/c24-19-10-6-11-20(13-19)25-21-16-27-22-14-26(15-23(22)28-17-21)12-5-4-9-18-7-2-1-3-8-18/h1-3,6-8,10-11,13,21-23,25H,4-5,9,12,14-17H2/t22-,23-/m0/s1. The van der Waals surface area contributed by atoms with Crippen molar-refractivity contribution in [1.29, 1.82) is 0 Å². The first-order valence-electron chi connectivity index (χ1n) is 10.3. The summed E-state index contributed by atoms with van der Waals surface area (Å²) in [6.45, 7) is 4.13. The molecule has 0 aliphatic carbocycles. The Morgan fingerprint density at radius 3 is 2.39 bits per heavy atom. The van der Waals surface area contributed by atoms with Crippen molar-refractivity contribution in [2.45, 2.75) is 37.5 Å². The van der Waals surface area contributed by atoms with E-state index < -0.39 is 0 Å². The minimum atomic E-state index is -0.236. The van der Waals surface area contributed by atoms with Crippen LogP contribution in [-0.2, 0) is 15.9 Å². The predicted octanol–water partition coefficient (Wildman–Crippen LogP) is 3.73. The summed E-state index contributed by atoms with van der Waals surface area (Å²) >= 11 is 0. The molecule has 0 amide bonds. The largest absolute Gasteiger partial charge is 0.378 e. The molecule has 2 aromatic rings. The lowest BCUT2D eigenvalue weighted by Crippen LogP contribution is -2.31. The van der Waals surface area contributed by atoms with Gasteiger partial charge in [-0.3, -0.25) is 4.90 Å². The molecule has 2 aromatic carbocycles. The van der Waals surface area contributed by atoms with Crippen LogP contribution in [0.5, 0.6) is 0 Å². The molecule has 2 aliphatic rings. The summed E-state index contributed by atoms with van der Waals surface area (Å²) in [5.74, 6) is -0.236. The quantitative estimate of drug-likeness (QED) is 0.738. The third-order valence-corrected chi connectivity index (χ3v) is 5.54. The van der Waals surface area contributed by atoms with Gasteiger partial charge in [-0.2, -0.15) is 0 Å². The maximum atomic E-state index is 13.3. The van der Waals surface area contributed by atoms with Crippen LogP contribution in [0.25, 0.3) is 0 Å². The second kappa shape index (κ2) is 9.50. The summed E-state index contributed by atoms with van der Waals surface area (Å²) in [5, 5.41) is 3.32. The zero-order valence-corrected chi connectivity index (χ0v) is 16.2. The van der Waals surface area contributed by atoms with Crippen molar-refractivity contribution in [3.05, 3.63) is 66.0 Å². The molecule has 4 rings (SSSR count). The van der Waals surface area contributed by atoms with Crippen molar-refractivity contribution in [3.63, 3.8) is 0 Å². The molecule has 2 saturated heterocycles. The molecular weight excluding hydrogens is 355 g/mol. The Morgan fingerprint density at radius 1 is 0.929 bits per heavy atom. The summed E-state index contributed by atoms with van der Waals surface area (Å²) in [7, 11) is 0. The van der Waals surface area contributed by atoms with E-state index in [0.717, 1.165) is 31.7 Å². The van der Waals surface area contributed by atoms with Crippen molar-refractivity contribution >= 4 is 5.69 Å². The molecule has 0 spiro atoms. The lowest BCUT2D eigenvalue weighted by atomic mass is 10.1. The van der Waals surface area contributed by atoms with Gasteiger partial charge in [0, 0.05) is 18.8 Å². The lowest BCUT2D eigenvalue weighted by Gasteiger charge is -2.20. The Hall–Kier alpha value is -1.95. The minimum Gasteiger partial charge on any atom is -0.378 e. The molecule has 5 heteroatoms. The molecule has 4 nitrogen and oxygen atoms in total. The van der Waals surface area contributed by atoms with Gasteiger partial charge >= 0.3 is 0 Å². The molecule has 150 valence electrons. The molecule has 2 aliphatic heterocycles. The van der Waals surface area contributed by atoms with E-state index in [1.165, 1.54) is 30.5 Å². The number of nitrogens with one attached hydrogen (secondary N) is 1. The Bertz CT molecular complexity index is 726. The minimum absolute atomic E-state index is 0.0479. The van der Waals surface area contributed by atoms with Crippen molar-refractivity contribution in [1.82, 2.24) is 4.90 Å². The first-order chi connectivity index (χ1) is 13.8. The number of fused-ring (bicyclic) bond motifs is 1. The number of likely N-dealkylation sites (tertiary alicyclic amines) is 1. The van der Waals surface area contributed by atoms with E-state index in [0.29, 0.717) is 13.2 Å². The van der Waals surface area contributed by atoms with E-state index in [2.05, 4.69) is 40.5 Å². The molecule has 2 atom stereocenters. The summed E-state index contributed by atoms with van der Waals surface area (Å²) in [4.78, 5) is 2.46. The number of nitrogens with zero attached hydrogens (tertiary/aromatic N) is 1. The number of aryl methyl sites for hydroxylation is 1. The average Bonchev–Trinajstić information content (AvgIpc) is 3.01. The Balaban J connectivity index is 1.18. The van der Waals surface area contributed by atoms with Crippen LogP contribution in [0.1, 0.15) is 18.4 Å². The number of unbranched alkanes of at least 4 members (excludes halogenated alkanes) is 1. The van der Waals surface area contributed by atoms with Gasteiger partial charge in [0.05, 0.1) is 31.5 Å². The van der Waals surface area contributed by atoms with Crippen LogP contribution >= 0.6 is 0 Å². The van der Waals surface area contributed by atoms with Crippen LogP contribution < -0.4 is 5.32 Å². The smallest absolute Gasteiger partial charge is 0.125 e. The fraction of sp³-hybridized carbons (Fsp3) is 0.478. The Kier molecular flexibility index (Phi) is 6.57. The fourth-order valence-electron chi connectivity index (χ4n) is 4.06. The predicted molar refractivity (Wildman–Crippen MR) is 109 cm³/mol. The van der Waals surface area contributed by atoms with Gasteiger partial charge in [-0.25, -0.2) is 4.39 Å². The monoisotopic (exact) mass is 384 g/mol. The highest BCUT2D eigenvalue weighted by Gasteiger charge is 2.37. The van der Waals surface area contributed by atoms with Gasteiger partial charge in [0.2, 0.25) is 0 Å². The van der Waals surface area contributed by atoms with Gasteiger partial charge in [0.25, 0.3) is 0 Å². The van der Waals surface area contributed by atoms with Crippen molar-refractivity contribution < 1.29 is 13.9 Å². The van der Waals surface area contributed by atoms with Crippen molar-refractivity contribution in [2.75, 3.05) is 38.2 Å². The summed E-state index contributed by atoms with van der Waals surface area (Å²) in [6, 6.07) is 17.2. The lowest BCUT2D eigenvalue weighted by molar-refractivity contribution is -0.00461. The van der Waals surface area contributed by atoms with Crippen LogP contribution in [-0.4, -0.2) is 56.0 Å². The number of ether oxygens (including phenoxy) is 2. The zero-order valence-electron chi connectivity index (χ0n) is 16.2. The number of hydrogen-bond acceptors (Lipinski definition) is 4. The molecule has 2 heterocycles. The third-order valence-electron chi connectivity index (χ3n) is 5.54.